The number of carbonyl (C=O) groups is 2. The number of amides is 2. The highest BCUT2D eigenvalue weighted by Crippen LogP contribution is 2.33. The second-order valence-electron chi connectivity index (χ2n) is 14.5. The molecule has 4 heterocycles. The zero-order valence-electron chi connectivity index (χ0n) is 32.5. The minimum absolute atomic E-state index is 0.0511. The lowest BCUT2D eigenvalue weighted by Crippen LogP contribution is -2.42. The van der Waals surface area contributed by atoms with Crippen LogP contribution in [0.4, 0.5) is 26.8 Å². The number of nitrogens with two attached hydrogens (primary N) is 1. The van der Waals surface area contributed by atoms with Gasteiger partial charge >= 0.3 is 12.2 Å². The molecule has 0 radical (unpaired) electrons. The summed E-state index contributed by atoms with van der Waals surface area (Å²) in [5, 5.41) is 11.9. The number of anilines is 3. The third-order valence-corrected chi connectivity index (χ3v) is 9.24. The average Bonchev–Trinajstić information content (AvgIpc) is 3.81. The second-order valence-corrected chi connectivity index (χ2v) is 14.9. The highest BCUT2D eigenvalue weighted by atomic mass is 35.5. The molecular formula is C43H43ClN10O4. The number of nitrogens with one attached hydrogen (secondary N) is 2. The molecule has 0 saturated heterocycles. The van der Waals surface area contributed by atoms with Crippen molar-refractivity contribution in [3.63, 3.8) is 0 Å². The van der Waals surface area contributed by atoms with Crippen LogP contribution in [0.15, 0.2) is 116 Å². The third-order valence-electron chi connectivity index (χ3n) is 8.92. The van der Waals surface area contributed by atoms with Gasteiger partial charge in [-0.1, -0.05) is 35.9 Å². The van der Waals surface area contributed by atoms with Gasteiger partial charge in [-0.3, -0.25) is 4.57 Å². The Morgan fingerprint density at radius 1 is 0.879 bits per heavy atom. The van der Waals surface area contributed by atoms with Crippen molar-refractivity contribution in [2.24, 2.45) is 0 Å². The van der Waals surface area contributed by atoms with Gasteiger partial charge in [-0.05, 0) is 124 Å². The number of fused-ring (bicyclic) bond motifs is 1. The van der Waals surface area contributed by atoms with E-state index in [0.717, 1.165) is 44.5 Å². The zero-order chi connectivity index (χ0) is 40.8. The standard InChI is InChI=1S/C43H43ClN10O4/c1-28-20-25-52(51-28)33-17-18-34(35(44)27-33)39-50-37-8-6-23-47-40(37)54(39)32-15-11-30(12-16-32)21-26-53(42(56)57-43(2,3)4)58-41(55)48-24-19-29-9-13-31(14-10-29)49-38-36(45)7-5-22-46-38/h5-18,20,22-23,25,27H,19,21,24,26,45H2,1-4H3,(H,46,49)(H,48,55). The van der Waals surface area contributed by atoms with Crippen LogP contribution in [-0.4, -0.2) is 65.2 Å². The largest absolute Gasteiger partial charge is 0.443 e. The normalized spacial score (nSPS) is 11.3. The van der Waals surface area contributed by atoms with E-state index in [2.05, 4.69) is 25.7 Å². The number of benzene rings is 3. The Morgan fingerprint density at radius 2 is 1.59 bits per heavy atom. The molecule has 14 nitrogen and oxygen atoms in total. The minimum atomic E-state index is -0.805. The molecule has 0 unspecified atom stereocenters. The molecule has 15 heteroatoms. The Hall–Kier alpha value is -6.93. The van der Waals surface area contributed by atoms with Crippen molar-refractivity contribution in [1.82, 2.24) is 39.7 Å². The lowest BCUT2D eigenvalue weighted by Gasteiger charge is -2.26. The maximum absolute atomic E-state index is 13.2. The number of aryl methyl sites for hydroxylation is 1. The van der Waals surface area contributed by atoms with Gasteiger partial charge in [0.2, 0.25) is 0 Å². The summed E-state index contributed by atoms with van der Waals surface area (Å²) in [6, 6.07) is 30.4. The molecule has 0 aliphatic rings. The Morgan fingerprint density at radius 3 is 2.29 bits per heavy atom. The molecule has 0 fully saturated rings. The fourth-order valence-electron chi connectivity index (χ4n) is 6.11. The van der Waals surface area contributed by atoms with E-state index in [0.29, 0.717) is 46.4 Å². The molecule has 7 rings (SSSR count). The summed E-state index contributed by atoms with van der Waals surface area (Å²) in [4.78, 5) is 45.4. The summed E-state index contributed by atoms with van der Waals surface area (Å²) in [6.07, 6.45) is 4.63. The number of aromatic nitrogens is 6. The fourth-order valence-corrected chi connectivity index (χ4v) is 6.37. The van der Waals surface area contributed by atoms with E-state index >= 15 is 0 Å². The number of nitrogens with zero attached hydrogens (tertiary/aromatic N) is 7. The molecule has 0 atom stereocenters. The minimum Gasteiger partial charge on any atom is -0.442 e. The lowest BCUT2D eigenvalue weighted by molar-refractivity contribution is -0.0996. The number of imidazole rings is 1. The number of hydrogen-bond acceptors (Lipinski definition) is 10. The second kappa shape index (κ2) is 17.1. The number of ether oxygens (including phenoxy) is 1. The molecule has 3 aromatic carbocycles. The van der Waals surface area contributed by atoms with E-state index in [9.17, 15) is 9.59 Å². The number of hydroxylamine groups is 2. The molecular weight excluding hydrogens is 756 g/mol. The van der Waals surface area contributed by atoms with Gasteiger partial charge in [0, 0.05) is 42.1 Å². The van der Waals surface area contributed by atoms with E-state index in [1.54, 1.807) is 50.0 Å². The van der Waals surface area contributed by atoms with Crippen molar-refractivity contribution in [3.05, 3.63) is 137 Å². The van der Waals surface area contributed by atoms with Gasteiger partial charge in [-0.15, -0.1) is 5.06 Å². The predicted octanol–water partition coefficient (Wildman–Crippen LogP) is 8.62. The van der Waals surface area contributed by atoms with Crippen LogP contribution in [0.3, 0.4) is 0 Å². The highest BCUT2D eigenvalue weighted by Gasteiger charge is 2.26. The van der Waals surface area contributed by atoms with Gasteiger partial charge in [-0.25, -0.2) is 29.2 Å². The molecule has 7 aromatic rings. The van der Waals surface area contributed by atoms with Crippen LogP contribution in [-0.2, 0) is 22.4 Å². The van der Waals surface area contributed by atoms with Gasteiger partial charge in [0.25, 0.3) is 0 Å². The Labute approximate surface area is 340 Å². The van der Waals surface area contributed by atoms with Crippen LogP contribution in [0.2, 0.25) is 5.02 Å². The maximum atomic E-state index is 13.2. The monoisotopic (exact) mass is 798 g/mol. The summed E-state index contributed by atoms with van der Waals surface area (Å²) in [5.41, 5.74) is 13.1. The molecule has 0 saturated carbocycles. The SMILES string of the molecule is Cc1ccn(-c2ccc(-c3nc4cccnc4n3-c3ccc(CCN(OC(=O)NCCc4ccc(Nc5ncccc5N)cc4)C(=O)OC(C)(C)C)cc3)c(Cl)c2)n1. The first-order valence-electron chi connectivity index (χ1n) is 18.7. The first kappa shape index (κ1) is 39.3. The molecule has 4 N–H and O–H groups in total. The summed E-state index contributed by atoms with van der Waals surface area (Å²) in [7, 11) is 0. The number of nitrogen functional groups attached to an aromatic ring is 1. The van der Waals surface area contributed by atoms with Gasteiger partial charge in [0.05, 0.1) is 28.6 Å². The van der Waals surface area contributed by atoms with E-state index in [1.165, 1.54) is 0 Å². The van der Waals surface area contributed by atoms with Crippen LogP contribution in [0.1, 0.15) is 37.6 Å². The van der Waals surface area contributed by atoms with Crippen molar-refractivity contribution < 1.29 is 19.2 Å². The highest BCUT2D eigenvalue weighted by molar-refractivity contribution is 6.33. The topological polar surface area (TPSA) is 167 Å². The number of hydrogen-bond donors (Lipinski definition) is 3. The molecule has 0 spiro atoms. The van der Waals surface area contributed by atoms with Crippen LogP contribution >= 0.6 is 11.6 Å². The molecule has 58 heavy (non-hydrogen) atoms. The molecule has 2 amide bonds. The van der Waals surface area contributed by atoms with Gasteiger partial charge in [-0.2, -0.15) is 5.10 Å². The number of carbonyl (C=O) groups excluding carboxylic acids is 2. The van der Waals surface area contributed by atoms with Crippen molar-refractivity contribution in [2.45, 2.75) is 46.1 Å². The first-order chi connectivity index (χ1) is 27.9. The zero-order valence-corrected chi connectivity index (χ0v) is 33.3. The molecule has 0 aliphatic carbocycles. The predicted molar refractivity (Wildman–Crippen MR) is 224 cm³/mol. The van der Waals surface area contributed by atoms with E-state index in [4.69, 9.17) is 31.9 Å². The maximum Gasteiger partial charge on any atom is 0.443 e. The smallest absolute Gasteiger partial charge is 0.442 e. The summed E-state index contributed by atoms with van der Waals surface area (Å²) in [6.45, 7) is 7.51. The lowest BCUT2D eigenvalue weighted by atomic mass is 10.1. The number of rotatable bonds is 11. The fraction of sp³-hybridized carbons (Fsp3) is 0.209. The molecule has 0 aliphatic heterocycles. The van der Waals surface area contributed by atoms with E-state index in [-0.39, 0.29) is 13.1 Å². The van der Waals surface area contributed by atoms with Crippen LogP contribution in [0, 0.1) is 6.92 Å². The third kappa shape index (κ3) is 9.53. The first-order valence-corrected chi connectivity index (χ1v) is 19.1. The molecule has 296 valence electrons. The van der Waals surface area contributed by atoms with E-state index in [1.807, 2.05) is 103 Å². The molecule has 4 aromatic heterocycles. The van der Waals surface area contributed by atoms with Crippen molar-refractivity contribution >= 4 is 52.1 Å². The summed E-state index contributed by atoms with van der Waals surface area (Å²) < 4.78 is 9.30. The van der Waals surface area contributed by atoms with Gasteiger partial charge in [0.1, 0.15) is 16.9 Å². The quantitative estimate of drug-likeness (QED) is 0.108. The summed E-state index contributed by atoms with van der Waals surface area (Å²) in [5.74, 6) is 1.21. The molecule has 0 bridgehead atoms. The number of halogens is 1. The Kier molecular flexibility index (Phi) is 11.6. The van der Waals surface area contributed by atoms with Crippen molar-refractivity contribution in [1.29, 1.82) is 0 Å². The van der Waals surface area contributed by atoms with Gasteiger partial charge < -0.3 is 25.9 Å². The van der Waals surface area contributed by atoms with Crippen LogP contribution in [0.25, 0.3) is 33.9 Å². The Balaban J connectivity index is 1.01. The van der Waals surface area contributed by atoms with Crippen LogP contribution < -0.4 is 16.4 Å². The van der Waals surface area contributed by atoms with Crippen LogP contribution in [0.5, 0.6) is 0 Å². The average molecular weight is 799 g/mol. The van der Waals surface area contributed by atoms with Gasteiger partial charge in [0.15, 0.2) is 11.5 Å². The van der Waals surface area contributed by atoms with Crippen molar-refractivity contribution in [3.8, 4) is 22.8 Å². The summed E-state index contributed by atoms with van der Waals surface area (Å²) >= 11 is 6.89. The number of pyridine rings is 2. The Bertz CT molecular complexity index is 2550. The van der Waals surface area contributed by atoms with E-state index < -0.39 is 17.8 Å². The van der Waals surface area contributed by atoms with Crippen molar-refractivity contribution in [2.75, 3.05) is 24.1 Å².